The van der Waals surface area contributed by atoms with Crippen LogP contribution >= 0.6 is 0 Å². The van der Waals surface area contributed by atoms with Crippen LogP contribution in [-0.2, 0) is 0 Å². The smallest absolute Gasteiger partial charge is 0.322 e. The number of aromatic nitrogens is 2. The van der Waals surface area contributed by atoms with E-state index in [2.05, 4.69) is 23.8 Å². The van der Waals surface area contributed by atoms with Crippen LogP contribution in [-0.4, -0.2) is 9.97 Å². The molecule has 0 amide bonds. The van der Waals surface area contributed by atoms with Crippen LogP contribution in [0.2, 0.25) is 0 Å². The van der Waals surface area contributed by atoms with E-state index in [-0.39, 0.29) is 0 Å². The zero-order valence-electron chi connectivity index (χ0n) is 9.92. The van der Waals surface area contributed by atoms with Crippen molar-refractivity contribution in [2.24, 2.45) is 0 Å². The lowest BCUT2D eigenvalue weighted by atomic mass is 10.0. The number of hydrogen-bond donors (Lipinski definition) is 1. The predicted molar refractivity (Wildman–Crippen MR) is 67.0 cm³/mol. The molecule has 1 heterocycles. The van der Waals surface area contributed by atoms with Crippen LogP contribution < -0.4 is 10.5 Å². The Morgan fingerprint density at radius 2 is 1.76 bits per heavy atom. The summed E-state index contributed by atoms with van der Waals surface area (Å²) in [4.78, 5) is 8.03. The molecule has 2 rings (SSSR count). The second-order valence-electron chi connectivity index (χ2n) is 4.09. The quantitative estimate of drug-likeness (QED) is 0.878. The van der Waals surface area contributed by atoms with Gasteiger partial charge in [0.15, 0.2) is 0 Å². The van der Waals surface area contributed by atoms with Crippen LogP contribution in [0.1, 0.15) is 25.3 Å². The van der Waals surface area contributed by atoms with Gasteiger partial charge in [-0.1, -0.05) is 32.0 Å². The first-order valence-corrected chi connectivity index (χ1v) is 5.51. The van der Waals surface area contributed by atoms with Crippen LogP contribution in [0.25, 0.3) is 0 Å². The molecule has 4 heteroatoms. The normalized spacial score (nSPS) is 10.5. The van der Waals surface area contributed by atoms with E-state index in [9.17, 15) is 0 Å². The molecule has 0 fully saturated rings. The van der Waals surface area contributed by atoms with Crippen LogP contribution in [0, 0.1) is 0 Å². The summed E-state index contributed by atoms with van der Waals surface area (Å²) < 4.78 is 5.65. The maximum absolute atomic E-state index is 5.65. The van der Waals surface area contributed by atoms with Gasteiger partial charge in [-0.15, -0.1) is 0 Å². The van der Waals surface area contributed by atoms with Gasteiger partial charge in [-0.25, -0.2) is 9.97 Å². The molecule has 0 aliphatic rings. The fraction of sp³-hybridized carbons (Fsp3) is 0.231. The molecule has 2 aromatic rings. The van der Waals surface area contributed by atoms with Crippen LogP contribution in [0.15, 0.2) is 36.7 Å². The van der Waals surface area contributed by atoms with Gasteiger partial charge in [0.2, 0.25) is 0 Å². The molecule has 0 aliphatic carbocycles. The highest BCUT2D eigenvalue weighted by atomic mass is 16.5. The number of nitrogens with zero attached hydrogens (tertiary/aromatic N) is 2. The summed E-state index contributed by atoms with van der Waals surface area (Å²) in [6.07, 6.45) is 3.06. The summed E-state index contributed by atoms with van der Waals surface area (Å²) in [6.45, 7) is 4.23. The monoisotopic (exact) mass is 229 g/mol. The van der Waals surface area contributed by atoms with Crippen molar-refractivity contribution >= 4 is 5.69 Å². The predicted octanol–water partition coefficient (Wildman–Crippen LogP) is 2.97. The SMILES string of the molecule is CC(C)c1ccccc1Oc1ncc(N)cn1. The van der Waals surface area contributed by atoms with Crippen LogP contribution in [0.4, 0.5) is 5.69 Å². The summed E-state index contributed by atoms with van der Waals surface area (Å²) in [6, 6.07) is 8.18. The molecule has 0 unspecified atom stereocenters. The fourth-order valence-corrected chi connectivity index (χ4v) is 1.53. The Hall–Kier alpha value is -2.10. The van der Waals surface area contributed by atoms with Crippen molar-refractivity contribution in [1.82, 2.24) is 9.97 Å². The summed E-state index contributed by atoms with van der Waals surface area (Å²) in [5, 5.41) is 0. The molecule has 2 N–H and O–H groups in total. The maximum atomic E-state index is 5.65. The van der Waals surface area contributed by atoms with E-state index in [0.717, 1.165) is 11.3 Å². The summed E-state index contributed by atoms with van der Waals surface area (Å²) in [5.41, 5.74) is 7.17. The van der Waals surface area contributed by atoms with Crippen molar-refractivity contribution < 1.29 is 4.74 Å². The van der Waals surface area contributed by atoms with Gasteiger partial charge >= 0.3 is 6.01 Å². The van der Waals surface area contributed by atoms with E-state index in [1.165, 1.54) is 12.4 Å². The molecule has 0 atom stereocenters. The molecule has 0 saturated carbocycles. The average molecular weight is 229 g/mol. The van der Waals surface area contributed by atoms with Gasteiger partial charge in [-0.05, 0) is 17.5 Å². The van der Waals surface area contributed by atoms with E-state index in [0.29, 0.717) is 17.6 Å². The zero-order valence-corrected chi connectivity index (χ0v) is 9.92. The first-order chi connectivity index (χ1) is 8.16. The van der Waals surface area contributed by atoms with E-state index in [1.807, 2.05) is 24.3 Å². The highest BCUT2D eigenvalue weighted by Crippen LogP contribution is 2.28. The van der Waals surface area contributed by atoms with Gasteiger partial charge < -0.3 is 10.5 Å². The maximum Gasteiger partial charge on any atom is 0.322 e. The lowest BCUT2D eigenvalue weighted by Crippen LogP contribution is -1.97. The molecule has 1 aromatic heterocycles. The number of para-hydroxylation sites is 1. The summed E-state index contributed by atoms with van der Waals surface area (Å²) in [7, 11) is 0. The number of benzene rings is 1. The minimum absolute atomic E-state index is 0.312. The fourth-order valence-electron chi connectivity index (χ4n) is 1.53. The van der Waals surface area contributed by atoms with E-state index >= 15 is 0 Å². The second-order valence-corrected chi connectivity index (χ2v) is 4.09. The number of rotatable bonds is 3. The number of ether oxygens (including phenoxy) is 1. The van der Waals surface area contributed by atoms with Crippen molar-refractivity contribution in [3.8, 4) is 11.8 Å². The molecular formula is C13H15N3O. The van der Waals surface area contributed by atoms with Gasteiger partial charge in [-0.2, -0.15) is 0 Å². The second kappa shape index (κ2) is 4.82. The molecule has 1 aromatic carbocycles. The molecule has 0 radical (unpaired) electrons. The van der Waals surface area contributed by atoms with Crippen molar-refractivity contribution in [1.29, 1.82) is 0 Å². The minimum atomic E-state index is 0.312. The van der Waals surface area contributed by atoms with Gasteiger partial charge in [0, 0.05) is 0 Å². The third-order valence-electron chi connectivity index (χ3n) is 2.39. The Morgan fingerprint density at radius 1 is 1.12 bits per heavy atom. The summed E-state index contributed by atoms with van der Waals surface area (Å²) >= 11 is 0. The molecule has 0 spiro atoms. The minimum Gasteiger partial charge on any atom is -0.424 e. The standard InChI is InChI=1S/C13H15N3O/c1-9(2)11-5-3-4-6-12(11)17-13-15-7-10(14)8-16-13/h3-9H,14H2,1-2H3. The van der Waals surface area contributed by atoms with E-state index in [4.69, 9.17) is 10.5 Å². The Bertz CT molecular complexity index is 494. The van der Waals surface area contributed by atoms with Crippen molar-refractivity contribution in [2.75, 3.05) is 5.73 Å². The lowest BCUT2D eigenvalue weighted by Gasteiger charge is -2.11. The van der Waals surface area contributed by atoms with Gasteiger partial charge in [0.25, 0.3) is 0 Å². The Kier molecular flexibility index (Phi) is 3.23. The van der Waals surface area contributed by atoms with E-state index < -0.39 is 0 Å². The van der Waals surface area contributed by atoms with Crippen molar-refractivity contribution in [2.45, 2.75) is 19.8 Å². The van der Waals surface area contributed by atoms with E-state index in [1.54, 1.807) is 0 Å². The molecule has 4 nitrogen and oxygen atoms in total. The Balaban J connectivity index is 2.26. The third-order valence-corrected chi connectivity index (χ3v) is 2.39. The van der Waals surface area contributed by atoms with Crippen LogP contribution in [0.3, 0.4) is 0 Å². The molecule has 0 bridgehead atoms. The zero-order chi connectivity index (χ0) is 12.3. The first-order valence-electron chi connectivity index (χ1n) is 5.51. The molecule has 88 valence electrons. The number of hydrogen-bond acceptors (Lipinski definition) is 4. The molecule has 0 aliphatic heterocycles. The average Bonchev–Trinajstić information content (AvgIpc) is 2.32. The third kappa shape index (κ3) is 2.72. The topological polar surface area (TPSA) is 61.0 Å². The Labute approximate surface area is 100 Å². The van der Waals surface area contributed by atoms with Crippen LogP contribution in [0.5, 0.6) is 11.8 Å². The highest BCUT2D eigenvalue weighted by Gasteiger charge is 2.08. The molecular weight excluding hydrogens is 214 g/mol. The Morgan fingerprint density at radius 3 is 2.41 bits per heavy atom. The number of nitrogen functional groups attached to an aromatic ring is 1. The number of anilines is 1. The highest BCUT2D eigenvalue weighted by molar-refractivity contribution is 5.38. The molecule has 17 heavy (non-hydrogen) atoms. The molecule has 0 saturated heterocycles. The van der Waals surface area contributed by atoms with Crippen molar-refractivity contribution in [3.63, 3.8) is 0 Å². The first kappa shape index (κ1) is 11.4. The largest absolute Gasteiger partial charge is 0.424 e. The van der Waals surface area contributed by atoms with Gasteiger partial charge in [-0.3, -0.25) is 0 Å². The lowest BCUT2D eigenvalue weighted by molar-refractivity contribution is 0.434. The van der Waals surface area contributed by atoms with Gasteiger partial charge in [0.05, 0.1) is 18.1 Å². The van der Waals surface area contributed by atoms with Gasteiger partial charge in [0.1, 0.15) is 5.75 Å². The summed E-state index contributed by atoms with van der Waals surface area (Å²) in [5.74, 6) is 1.17. The number of nitrogens with two attached hydrogens (primary N) is 1. The van der Waals surface area contributed by atoms with Crippen molar-refractivity contribution in [3.05, 3.63) is 42.2 Å².